The van der Waals surface area contributed by atoms with Crippen LogP contribution in [-0.4, -0.2) is 25.7 Å². The van der Waals surface area contributed by atoms with E-state index >= 15 is 0 Å². The molecule has 0 radical (unpaired) electrons. The van der Waals surface area contributed by atoms with Crippen LogP contribution in [0.5, 0.6) is 11.5 Å². The Morgan fingerprint density at radius 1 is 1.23 bits per heavy atom. The lowest BCUT2D eigenvalue weighted by Crippen LogP contribution is -2.35. The van der Waals surface area contributed by atoms with E-state index in [1.54, 1.807) is 7.11 Å². The molecule has 114 valence electrons. The Hall–Kier alpha value is -2.49. The molecular formula is C18H19NO3. The number of rotatable bonds is 5. The van der Waals surface area contributed by atoms with Crippen molar-refractivity contribution in [3.8, 4) is 11.5 Å². The molecule has 1 aliphatic rings. The van der Waals surface area contributed by atoms with E-state index in [-0.39, 0.29) is 12.0 Å². The molecule has 0 spiro atoms. The van der Waals surface area contributed by atoms with Crippen molar-refractivity contribution >= 4 is 5.91 Å². The van der Waals surface area contributed by atoms with E-state index in [1.165, 1.54) is 5.56 Å². The summed E-state index contributed by atoms with van der Waals surface area (Å²) in [5.41, 5.74) is 2.09. The molecule has 2 aromatic carbocycles. The van der Waals surface area contributed by atoms with Crippen LogP contribution < -0.4 is 14.8 Å². The summed E-state index contributed by atoms with van der Waals surface area (Å²) in [6.07, 6.45) is 1.16. The average Bonchev–Trinajstić information content (AvgIpc) is 2.96. The minimum absolute atomic E-state index is 0.0130. The van der Waals surface area contributed by atoms with Crippen LogP contribution in [0, 0.1) is 0 Å². The van der Waals surface area contributed by atoms with Gasteiger partial charge < -0.3 is 14.8 Å². The summed E-state index contributed by atoms with van der Waals surface area (Å²) in [7, 11) is 1.61. The summed E-state index contributed by atoms with van der Waals surface area (Å²) in [6, 6.07) is 15.6. The molecule has 2 aromatic rings. The van der Waals surface area contributed by atoms with Gasteiger partial charge in [0.1, 0.15) is 17.6 Å². The summed E-state index contributed by atoms with van der Waals surface area (Å²) in [5, 5.41) is 2.94. The molecule has 4 nitrogen and oxygen atoms in total. The van der Waals surface area contributed by atoms with Crippen molar-refractivity contribution in [1.29, 1.82) is 0 Å². The Labute approximate surface area is 130 Å². The third kappa shape index (κ3) is 3.22. The fourth-order valence-corrected chi connectivity index (χ4v) is 2.68. The van der Waals surface area contributed by atoms with Gasteiger partial charge in [-0.05, 0) is 17.7 Å². The molecule has 0 saturated heterocycles. The van der Waals surface area contributed by atoms with Crippen molar-refractivity contribution in [1.82, 2.24) is 5.32 Å². The normalized spacial score (nSPS) is 15.8. The van der Waals surface area contributed by atoms with Crippen LogP contribution in [0.25, 0.3) is 0 Å². The zero-order valence-corrected chi connectivity index (χ0v) is 12.5. The lowest BCUT2D eigenvalue weighted by Gasteiger charge is -2.13. The maximum Gasteiger partial charge on any atom is 0.224 e. The largest absolute Gasteiger partial charge is 0.496 e. The molecule has 1 aliphatic heterocycles. The number of ether oxygens (including phenoxy) is 2. The zero-order valence-electron chi connectivity index (χ0n) is 12.5. The van der Waals surface area contributed by atoms with Crippen LogP contribution in [0.3, 0.4) is 0 Å². The highest BCUT2D eigenvalue weighted by atomic mass is 16.5. The number of fused-ring (bicyclic) bond motifs is 1. The number of nitrogens with one attached hydrogen (secondary N) is 1. The maximum absolute atomic E-state index is 12.1. The van der Waals surface area contributed by atoms with Crippen molar-refractivity contribution in [3.63, 3.8) is 0 Å². The molecule has 22 heavy (non-hydrogen) atoms. The minimum atomic E-state index is -0.0240. The van der Waals surface area contributed by atoms with Gasteiger partial charge in [-0.1, -0.05) is 36.4 Å². The van der Waals surface area contributed by atoms with E-state index < -0.39 is 0 Å². The summed E-state index contributed by atoms with van der Waals surface area (Å²) in [4.78, 5) is 12.1. The molecule has 1 N–H and O–H groups in total. The Bertz CT molecular complexity index is 644. The van der Waals surface area contributed by atoms with Crippen LogP contribution in [-0.2, 0) is 17.6 Å². The second-order valence-electron chi connectivity index (χ2n) is 5.34. The predicted molar refractivity (Wildman–Crippen MR) is 84.3 cm³/mol. The van der Waals surface area contributed by atoms with Gasteiger partial charge in [0.15, 0.2) is 0 Å². The first-order valence-corrected chi connectivity index (χ1v) is 7.39. The van der Waals surface area contributed by atoms with E-state index in [2.05, 4.69) is 11.4 Å². The highest BCUT2D eigenvalue weighted by molar-refractivity contribution is 5.79. The molecule has 0 aromatic heterocycles. The van der Waals surface area contributed by atoms with Crippen LogP contribution in [0.4, 0.5) is 0 Å². The summed E-state index contributed by atoms with van der Waals surface area (Å²) < 4.78 is 11.1. The van der Waals surface area contributed by atoms with Crippen molar-refractivity contribution in [2.75, 3.05) is 13.7 Å². The Morgan fingerprint density at radius 2 is 2.00 bits per heavy atom. The number of hydrogen-bond donors (Lipinski definition) is 1. The van der Waals surface area contributed by atoms with E-state index in [4.69, 9.17) is 9.47 Å². The first-order valence-electron chi connectivity index (χ1n) is 7.39. The fourth-order valence-electron chi connectivity index (χ4n) is 2.68. The maximum atomic E-state index is 12.1. The molecule has 1 unspecified atom stereocenters. The molecule has 4 heteroatoms. The summed E-state index contributed by atoms with van der Waals surface area (Å²) >= 11 is 0. The topological polar surface area (TPSA) is 47.6 Å². The number of amides is 1. The lowest BCUT2D eigenvalue weighted by molar-refractivity contribution is -0.120. The molecular weight excluding hydrogens is 278 g/mol. The zero-order chi connectivity index (χ0) is 15.4. The van der Waals surface area contributed by atoms with Gasteiger partial charge >= 0.3 is 0 Å². The molecule has 0 fully saturated rings. The number of carbonyl (C=O) groups excluding carboxylic acids is 1. The number of benzene rings is 2. The van der Waals surface area contributed by atoms with Gasteiger partial charge in [-0.2, -0.15) is 0 Å². The molecule has 0 aliphatic carbocycles. The van der Waals surface area contributed by atoms with Gasteiger partial charge in [0.05, 0.1) is 20.1 Å². The van der Waals surface area contributed by atoms with E-state index in [1.807, 2.05) is 42.5 Å². The lowest BCUT2D eigenvalue weighted by atomic mass is 10.1. The van der Waals surface area contributed by atoms with Gasteiger partial charge in [0.25, 0.3) is 0 Å². The standard InChI is InChI=1S/C18H19NO3/c1-21-16-8-4-2-7-14(16)11-18(20)19-12-15-10-13-6-3-5-9-17(13)22-15/h2-9,15H,10-12H2,1H3,(H,19,20). The van der Waals surface area contributed by atoms with Gasteiger partial charge in [-0.15, -0.1) is 0 Å². The second-order valence-corrected chi connectivity index (χ2v) is 5.34. The summed E-state index contributed by atoms with van der Waals surface area (Å²) in [5.74, 6) is 1.64. The Kier molecular flexibility index (Phi) is 4.28. The molecule has 0 bridgehead atoms. The highest BCUT2D eigenvalue weighted by Crippen LogP contribution is 2.27. The second kappa shape index (κ2) is 6.52. The first kappa shape index (κ1) is 14.4. The Balaban J connectivity index is 1.51. The molecule has 1 atom stereocenters. The van der Waals surface area contributed by atoms with Crippen molar-refractivity contribution in [2.24, 2.45) is 0 Å². The van der Waals surface area contributed by atoms with Crippen LogP contribution >= 0.6 is 0 Å². The van der Waals surface area contributed by atoms with Crippen molar-refractivity contribution < 1.29 is 14.3 Å². The third-order valence-corrected chi connectivity index (χ3v) is 3.78. The van der Waals surface area contributed by atoms with E-state index in [0.29, 0.717) is 13.0 Å². The van der Waals surface area contributed by atoms with Gasteiger partial charge in [0, 0.05) is 12.0 Å². The highest BCUT2D eigenvalue weighted by Gasteiger charge is 2.22. The summed E-state index contributed by atoms with van der Waals surface area (Å²) in [6.45, 7) is 0.517. The van der Waals surface area contributed by atoms with Crippen molar-refractivity contribution in [3.05, 3.63) is 59.7 Å². The molecule has 3 rings (SSSR count). The quantitative estimate of drug-likeness (QED) is 0.921. The molecule has 1 heterocycles. The van der Waals surface area contributed by atoms with Gasteiger partial charge in [0.2, 0.25) is 5.91 Å². The fraction of sp³-hybridized carbons (Fsp3) is 0.278. The number of hydrogen-bond acceptors (Lipinski definition) is 3. The van der Waals surface area contributed by atoms with Gasteiger partial charge in [-0.3, -0.25) is 4.79 Å². The minimum Gasteiger partial charge on any atom is -0.496 e. The first-order chi connectivity index (χ1) is 10.8. The SMILES string of the molecule is COc1ccccc1CC(=O)NCC1Cc2ccccc2O1. The average molecular weight is 297 g/mol. The Morgan fingerprint density at radius 3 is 2.82 bits per heavy atom. The van der Waals surface area contributed by atoms with Crippen LogP contribution in [0.1, 0.15) is 11.1 Å². The third-order valence-electron chi connectivity index (χ3n) is 3.78. The van der Waals surface area contributed by atoms with E-state index in [9.17, 15) is 4.79 Å². The smallest absolute Gasteiger partial charge is 0.224 e. The van der Waals surface area contributed by atoms with E-state index in [0.717, 1.165) is 23.5 Å². The molecule has 0 saturated carbocycles. The monoisotopic (exact) mass is 297 g/mol. The van der Waals surface area contributed by atoms with Gasteiger partial charge in [-0.25, -0.2) is 0 Å². The number of carbonyl (C=O) groups is 1. The van der Waals surface area contributed by atoms with Crippen LogP contribution in [0.15, 0.2) is 48.5 Å². The molecule has 1 amide bonds. The number of para-hydroxylation sites is 2. The van der Waals surface area contributed by atoms with Crippen molar-refractivity contribution in [2.45, 2.75) is 18.9 Å². The van der Waals surface area contributed by atoms with Crippen LogP contribution in [0.2, 0.25) is 0 Å². The number of methoxy groups -OCH3 is 1. The predicted octanol–water partition coefficient (Wildman–Crippen LogP) is 2.36.